The molecule has 0 bridgehead atoms. The Kier molecular flexibility index (Phi) is 6.84. The van der Waals surface area contributed by atoms with Crippen molar-refractivity contribution in [1.82, 2.24) is 9.80 Å². The Balaban J connectivity index is 1.30. The number of ketones is 1. The highest BCUT2D eigenvalue weighted by molar-refractivity contribution is 5.95. The van der Waals surface area contributed by atoms with Crippen LogP contribution < -0.4 is 4.74 Å². The Hall–Kier alpha value is -1.43. The average molecular weight is 346 g/mol. The highest BCUT2D eigenvalue weighted by Gasteiger charge is 2.26. The smallest absolute Gasteiger partial charge is 0.162 e. The van der Waals surface area contributed by atoms with Crippen LogP contribution in [0.4, 0.5) is 0 Å². The summed E-state index contributed by atoms with van der Waals surface area (Å²) < 4.78 is 11.6. The standard InChI is InChI=1S/C20H30N2O3/c1-2-19(23)17-6-8-18(9-7-17)24-16-4-10-21-11-13-22(14-12-21)20-5-3-15-25-20/h6-9,20H,2-5,10-16H2,1H3. The summed E-state index contributed by atoms with van der Waals surface area (Å²) in [6, 6.07) is 7.49. The SMILES string of the molecule is CCC(=O)c1ccc(OCCCN2CCN(C3CCCO3)CC2)cc1. The van der Waals surface area contributed by atoms with E-state index in [1.807, 2.05) is 31.2 Å². The van der Waals surface area contributed by atoms with Crippen LogP contribution in [-0.4, -0.2) is 67.7 Å². The molecule has 0 aliphatic carbocycles. The largest absolute Gasteiger partial charge is 0.494 e. The summed E-state index contributed by atoms with van der Waals surface area (Å²) in [5.74, 6) is 1.02. The molecule has 1 aromatic carbocycles. The van der Waals surface area contributed by atoms with Crippen LogP contribution in [0.5, 0.6) is 5.75 Å². The summed E-state index contributed by atoms with van der Waals surface area (Å²) in [6.45, 7) is 9.06. The van der Waals surface area contributed by atoms with Gasteiger partial charge >= 0.3 is 0 Å². The number of Topliss-reactive ketones (excluding diaryl/α,β-unsaturated/α-hetero) is 1. The number of rotatable bonds is 8. The van der Waals surface area contributed by atoms with E-state index in [4.69, 9.17) is 9.47 Å². The molecule has 138 valence electrons. The molecule has 0 N–H and O–H groups in total. The lowest BCUT2D eigenvalue weighted by Crippen LogP contribution is -2.50. The monoisotopic (exact) mass is 346 g/mol. The molecule has 0 amide bonds. The van der Waals surface area contributed by atoms with Gasteiger partial charge in [-0.1, -0.05) is 6.92 Å². The first-order valence-corrected chi connectivity index (χ1v) is 9.60. The van der Waals surface area contributed by atoms with E-state index in [0.29, 0.717) is 19.3 Å². The molecule has 0 radical (unpaired) electrons. The minimum atomic E-state index is 0.175. The number of benzene rings is 1. The van der Waals surface area contributed by atoms with Crippen LogP contribution >= 0.6 is 0 Å². The van der Waals surface area contributed by atoms with Crippen molar-refractivity contribution in [3.8, 4) is 5.75 Å². The molecule has 5 heteroatoms. The van der Waals surface area contributed by atoms with Gasteiger partial charge in [-0.15, -0.1) is 0 Å². The van der Waals surface area contributed by atoms with Crippen LogP contribution in [-0.2, 0) is 4.74 Å². The number of ether oxygens (including phenoxy) is 2. The van der Waals surface area contributed by atoms with E-state index in [-0.39, 0.29) is 5.78 Å². The van der Waals surface area contributed by atoms with Gasteiger partial charge in [0.25, 0.3) is 0 Å². The van der Waals surface area contributed by atoms with Gasteiger partial charge in [0.2, 0.25) is 0 Å². The molecule has 2 saturated heterocycles. The maximum Gasteiger partial charge on any atom is 0.162 e. The summed E-state index contributed by atoms with van der Waals surface area (Å²) in [5, 5.41) is 0. The third kappa shape index (κ3) is 5.27. The number of carbonyl (C=O) groups is 1. The van der Waals surface area contributed by atoms with Crippen molar-refractivity contribution in [1.29, 1.82) is 0 Å². The van der Waals surface area contributed by atoms with Gasteiger partial charge in [0.05, 0.1) is 6.61 Å². The second-order valence-electron chi connectivity index (χ2n) is 6.85. The summed E-state index contributed by atoms with van der Waals surface area (Å²) in [6.07, 6.45) is 4.33. The predicted octanol–water partition coefficient (Wildman–Crippen LogP) is 2.80. The lowest BCUT2D eigenvalue weighted by atomic mass is 10.1. The fourth-order valence-electron chi connectivity index (χ4n) is 3.54. The molecular weight excluding hydrogens is 316 g/mol. The number of hydrogen-bond acceptors (Lipinski definition) is 5. The molecule has 1 unspecified atom stereocenters. The topological polar surface area (TPSA) is 42.0 Å². The Morgan fingerprint density at radius 3 is 2.60 bits per heavy atom. The second kappa shape index (κ2) is 9.32. The molecule has 2 aliphatic rings. The first-order valence-electron chi connectivity index (χ1n) is 9.60. The van der Waals surface area contributed by atoms with Crippen LogP contribution in [0.3, 0.4) is 0 Å². The van der Waals surface area contributed by atoms with Gasteiger partial charge in [-0.3, -0.25) is 9.69 Å². The Morgan fingerprint density at radius 1 is 1.20 bits per heavy atom. The Bertz CT molecular complexity index is 532. The summed E-state index contributed by atoms with van der Waals surface area (Å²) >= 11 is 0. The third-order valence-corrected chi connectivity index (χ3v) is 5.10. The van der Waals surface area contributed by atoms with Crippen LogP contribution in [0, 0.1) is 0 Å². The number of piperazine rings is 1. The third-order valence-electron chi connectivity index (χ3n) is 5.10. The molecule has 2 aliphatic heterocycles. The van der Waals surface area contributed by atoms with Gasteiger partial charge in [-0.25, -0.2) is 0 Å². The predicted molar refractivity (Wildman–Crippen MR) is 98.2 cm³/mol. The Labute approximate surface area is 150 Å². The van der Waals surface area contributed by atoms with E-state index in [9.17, 15) is 4.79 Å². The zero-order valence-corrected chi connectivity index (χ0v) is 15.3. The highest BCUT2D eigenvalue weighted by Crippen LogP contribution is 2.18. The lowest BCUT2D eigenvalue weighted by molar-refractivity contribution is -0.0423. The molecule has 0 saturated carbocycles. The molecule has 5 nitrogen and oxygen atoms in total. The quantitative estimate of drug-likeness (QED) is 0.535. The molecule has 0 spiro atoms. The van der Waals surface area contributed by atoms with E-state index in [1.165, 1.54) is 12.8 Å². The Morgan fingerprint density at radius 2 is 1.96 bits per heavy atom. The fraction of sp³-hybridized carbons (Fsp3) is 0.650. The molecule has 25 heavy (non-hydrogen) atoms. The van der Waals surface area contributed by atoms with E-state index >= 15 is 0 Å². The average Bonchev–Trinajstić information content (AvgIpc) is 3.20. The van der Waals surface area contributed by atoms with E-state index in [1.54, 1.807) is 0 Å². The molecule has 1 atom stereocenters. The van der Waals surface area contributed by atoms with Gasteiger partial charge in [0, 0.05) is 51.3 Å². The molecule has 2 fully saturated rings. The van der Waals surface area contributed by atoms with Crippen molar-refractivity contribution in [3.63, 3.8) is 0 Å². The first-order chi connectivity index (χ1) is 12.3. The van der Waals surface area contributed by atoms with Crippen molar-refractivity contribution in [3.05, 3.63) is 29.8 Å². The van der Waals surface area contributed by atoms with E-state index in [0.717, 1.165) is 57.1 Å². The van der Waals surface area contributed by atoms with Crippen molar-refractivity contribution < 1.29 is 14.3 Å². The molecule has 3 rings (SSSR count). The fourth-order valence-corrected chi connectivity index (χ4v) is 3.54. The number of nitrogens with zero attached hydrogens (tertiary/aromatic N) is 2. The van der Waals surface area contributed by atoms with Crippen molar-refractivity contribution in [2.75, 3.05) is 45.9 Å². The maximum atomic E-state index is 11.6. The minimum absolute atomic E-state index is 0.175. The van der Waals surface area contributed by atoms with Crippen LogP contribution in [0.1, 0.15) is 43.0 Å². The maximum absolute atomic E-state index is 11.6. The highest BCUT2D eigenvalue weighted by atomic mass is 16.5. The van der Waals surface area contributed by atoms with Gasteiger partial charge in [0.1, 0.15) is 12.0 Å². The van der Waals surface area contributed by atoms with Crippen molar-refractivity contribution in [2.24, 2.45) is 0 Å². The summed E-state index contributed by atoms with van der Waals surface area (Å²) in [7, 11) is 0. The first kappa shape index (κ1) is 18.4. The summed E-state index contributed by atoms with van der Waals surface area (Å²) in [5.41, 5.74) is 0.763. The van der Waals surface area contributed by atoms with Gasteiger partial charge in [-0.05, 0) is 43.5 Å². The van der Waals surface area contributed by atoms with E-state index < -0.39 is 0 Å². The van der Waals surface area contributed by atoms with Crippen molar-refractivity contribution in [2.45, 2.75) is 38.8 Å². The second-order valence-corrected chi connectivity index (χ2v) is 6.85. The lowest BCUT2D eigenvalue weighted by Gasteiger charge is -2.37. The zero-order chi connectivity index (χ0) is 17.5. The zero-order valence-electron chi connectivity index (χ0n) is 15.3. The number of carbonyl (C=O) groups excluding carboxylic acids is 1. The van der Waals surface area contributed by atoms with E-state index in [2.05, 4.69) is 9.80 Å². The van der Waals surface area contributed by atoms with Gasteiger partial charge in [-0.2, -0.15) is 0 Å². The van der Waals surface area contributed by atoms with Gasteiger partial charge < -0.3 is 14.4 Å². The number of hydrogen-bond donors (Lipinski definition) is 0. The molecular formula is C20H30N2O3. The van der Waals surface area contributed by atoms with Gasteiger partial charge in [0.15, 0.2) is 5.78 Å². The molecule has 0 aromatic heterocycles. The van der Waals surface area contributed by atoms with Crippen LogP contribution in [0.15, 0.2) is 24.3 Å². The van der Waals surface area contributed by atoms with Crippen LogP contribution in [0.2, 0.25) is 0 Å². The normalized spacial score (nSPS) is 22.2. The minimum Gasteiger partial charge on any atom is -0.494 e. The molecule has 1 aromatic rings. The van der Waals surface area contributed by atoms with Crippen LogP contribution in [0.25, 0.3) is 0 Å². The van der Waals surface area contributed by atoms with Crippen molar-refractivity contribution >= 4 is 5.78 Å². The molecule has 2 heterocycles. The summed E-state index contributed by atoms with van der Waals surface area (Å²) in [4.78, 5) is 16.6.